The maximum absolute atomic E-state index is 11.8. The Balaban J connectivity index is 0.000000540. The number of aliphatic carboxylic acids is 1. The summed E-state index contributed by atoms with van der Waals surface area (Å²) in [6.07, 6.45) is -2.05. The van der Waals surface area contributed by atoms with E-state index < -0.39 is 28.1 Å². The predicted octanol–water partition coefficient (Wildman–Crippen LogP) is 4.24. The number of nitrogens with zero attached hydrogens (tertiary/aromatic N) is 1. The van der Waals surface area contributed by atoms with Gasteiger partial charge in [-0.1, -0.05) is 30.3 Å². The molecule has 2 aromatic carbocycles. The van der Waals surface area contributed by atoms with Gasteiger partial charge in [-0.3, -0.25) is 4.72 Å². The van der Waals surface area contributed by atoms with Crippen molar-refractivity contribution < 1.29 is 41.4 Å². The quantitative estimate of drug-likeness (QED) is 0.503. The van der Waals surface area contributed by atoms with Crippen LogP contribution in [0.15, 0.2) is 48.5 Å². The van der Waals surface area contributed by atoms with Crippen LogP contribution in [0.2, 0.25) is 0 Å². The molecule has 3 N–H and O–H groups in total. The molecule has 0 aliphatic carbocycles. The predicted molar refractivity (Wildman–Crippen MR) is 125 cm³/mol. The molecule has 0 bridgehead atoms. The summed E-state index contributed by atoms with van der Waals surface area (Å²) in [4.78, 5) is 22.7. The molecule has 0 atom stereocenters. The van der Waals surface area contributed by atoms with Crippen molar-refractivity contribution in [3.8, 4) is 0 Å². The fourth-order valence-electron chi connectivity index (χ4n) is 3.62. The number of halogens is 3. The highest BCUT2D eigenvalue weighted by molar-refractivity contribution is 7.92. The summed E-state index contributed by atoms with van der Waals surface area (Å²) in [5, 5.41) is 16.7. The van der Waals surface area contributed by atoms with Crippen molar-refractivity contribution in [3.63, 3.8) is 0 Å². The summed E-state index contributed by atoms with van der Waals surface area (Å²) >= 11 is 0. The van der Waals surface area contributed by atoms with Crippen molar-refractivity contribution in [1.82, 2.24) is 0 Å². The summed E-state index contributed by atoms with van der Waals surface area (Å²) in [6.45, 7) is 3.12. The van der Waals surface area contributed by atoms with Crippen molar-refractivity contribution >= 4 is 33.3 Å². The Hall–Kier alpha value is -3.28. The fourth-order valence-corrected chi connectivity index (χ4v) is 4.25. The van der Waals surface area contributed by atoms with Gasteiger partial charge in [-0.15, -0.1) is 0 Å². The van der Waals surface area contributed by atoms with Crippen LogP contribution in [0.4, 0.5) is 24.5 Å². The molecular weight excluding hydrogens is 489 g/mol. The largest absolute Gasteiger partial charge is 0.490 e. The van der Waals surface area contributed by atoms with Crippen molar-refractivity contribution in [2.24, 2.45) is 5.92 Å². The molecule has 0 aromatic heterocycles. The Labute approximate surface area is 201 Å². The molecule has 0 amide bonds. The molecule has 8 nitrogen and oxygen atoms in total. The number of piperidine rings is 1. The van der Waals surface area contributed by atoms with Crippen LogP contribution in [0, 0.1) is 5.92 Å². The number of carbonyl (C=O) groups is 2. The first-order valence-corrected chi connectivity index (χ1v) is 12.4. The zero-order valence-electron chi connectivity index (χ0n) is 19.0. The first kappa shape index (κ1) is 28.0. The van der Waals surface area contributed by atoms with E-state index in [9.17, 15) is 31.5 Å². The van der Waals surface area contributed by atoms with E-state index in [0.717, 1.165) is 32.4 Å². The molecule has 2 aromatic rings. The van der Waals surface area contributed by atoms with Crippen LogP contribution in [0.5, 0.6) is 0 Å². The van der Waals surface area contributed by atoms with Crippen LogP contribution in [-0.2, 0) is 21.2 Å². The van der Waals surface area contributed by atoms with Crippen LogP contribution in [-0.4, -0.2) is 55.6 Å². The van der Waals surface area contributed by atoms with E-state index >= 15 is 0 Å². The van der Waals surface area contributed by atoms with E-state index in [-0.39, 0.29) is 17.0 Å². The maximum atomic E-state index is 11.8. The first-order chi connectivity index (χ1) is 16.3. The van der Waals surface area contributed by atoms with Crippen LogP contribution in [0.1, 0.15) is 35.7 Å². The van der Waals surface area contributed by atoms with E-state index in [4.69, 9.17) is 9.90 Å². The summed E-state index contributed by atoms with van der Waals surface area (Å²) in [6, 6.07) is 15.1. The molecule has 0 saturated carbocycles. The molecule has 1 fully saturated rings. The van der Waals surface area contributed by atoms with Crippen LogP contribution >= 0.6 is 0 Å². The Morgan fingerprint density at radius 2 is 1.63 bits per heavy atom. The Morgan fingerprint density at radius 1 is 1.06 bits per heavy atom. The lowest BCUT2D eigenvalue weighted by atomic mass is 9.90. The number of nitrogens with one attached hydrogen (secondary N) is 1. The molecule has 1 aliphatic heterocycles. The van der Waals surface area contributed by atoms with Crippen LogP contribution < -0.4 is 9.62 Å². The topological polar surface area (TPSA) is 124 Å². The van der Waals surface area contributed by atoms with Gasteiger partial charge in [-0.05, 0) is 55.9 Å². The number of carboxylic acid groups (broad SMARTS) is 2. The van der Waals surface area contributed by atoms with Crippen molar-refractivity contribution in [2.45, 2.75) is 32.4 Å². The smallest absolute Gasteiger partial charge is 0.478 e. The Bertz CT molecular complexity index is 1120. The normalized spacial score (nSPS) is 14.6. The summed E-state index contributed by atoms with van der Waals surface area (Å²) in [5.41, 5.74) is 2.38. The minimum Gasteiger partial charge on any atom is -0.478 e. The molecule has 3 rings (SSSR count). The zero-order valence-corrected chi connectivity index (χ0v) is 19.8. The molecule has 0 radical (unpaired) electrons. The SMILES string of the molecule is CCS(=O)(=O)Nc1ccc(N2CCC(Cc3ccccc3)CC2)c(C(=O)O)c1.O=C(O)C(F)(F)F. The van der Waals surface area contributed by atoms with E-state index in [0.29, 0.717) is 11.6 Å². The third kappa shape index (κ3) is 8.78. The van der Waals surface area contributed by atoms with Crippen LogP contribution in [0.25, 0.3) is 0 Å². The van der Waals surface area contributed by atoms with Crippen molar-refractivity contribution in [1.29, 1.82) is 0 Å². The van der Waals surface area contributed by atoms with E-state index in [1.165, 1.54) is 18.6 Å². The van der Waals surface area contributed by atoms with Gasteiger partial charge in [-0.25, -0.2) is 18.0 Å². The highest BCUT2D eigenvalue weighted by atomic mass is 32.2. The van der Waals surface area contributed by atoms with Gasteiger partial charge in [0, 0.05) is 18.8 Å². The Kier molecular flexibility index (Phi) is 9.52. The number of benzene rings is 2. The average Bonchev–Trinajstić information content (AvgIpc) is 2.80. The lowest BCUT2D eigenvalue weighted by Crippen LogP contribution is -2.35. The highest BCUT2D eigenvalue weighted by Gasteiger charge is 2.38. The second-order valence-electron chi connectivity index (χ2n) is 7.97. The molecule has 192 valence electrons. The van der Waals surface area contributed by atoms with Crippen LogP contribution in [0.3, 0.4) is 0 Å². The van der Waals surface area contributed by atoms with Gasteiger partial charge in [0.05, 0.1) is 17.0 Å². The molecular formula is C23H27F3N2O6S. The van der Waals surface area contributed by atoms with Gasteiger partial charge in [0.25, 0.3) is 0 Å². The number of alkyl halides is 3. The van der Waals surface area contributed by atoms with E-state index in [1.54, 1.807) is 12.1 Å². The van der Waals surface area contributed by atoms with E-state index in [2.05, 4.69) is 33.9 Å². The lowest BCUT2D eigenvalue weighted by Gasteiger charge is -2.34. The molecule has 0 spiro atoms. The molecule has 35 heavy (non-hydrogen) atoms. The molecule has 0 unspecified atom stereocenters. The van der Waals surface area contributed by atoms with Crippen molar-refractivity contribution in [3.05, 3.63) is 59.7 Å². The van der Waals surface area contributed by atoms with Gasteiger partial charge >= 0.3 is 18.1 Å². The van der Waals surface area contributed by atoms with Gasteiger partial charge in [-0.2, -0.15) is 13.2 Å². The molecule has 1 aliphatic rings. The second-order valence-corrected chi connectivity index (χ2v) is 9.98. The monoisotopic (exact) mass is 516 g/mol. The summed E-state index contributed by atoms with van der Waals surface area (Å²) in [7, 11) is -3.45. The third-order valence-corrected chi connectivity index (χ3v) is 6.75. The van der Waals surface area contributed by atoms with Gasteiger partial charge in [0.2, 0.25) is 10.0 Å². The van der Waals surface area contributed by atoms with Gasteiger partial charge in [0.1, 0.15) is 0 Å². The summed E-state index contributed by atoms with van der Waals surface area (Å²) < 4.78 is 57.7. The third-order valence-electron chi connectivity index (χ3n) is 5.45. The zero-order chi connectivity index (χ0) is 26.2. The Morgan fingerprint density at radius 3 is 2.11 bits per heavy atom. The van der Waals surface area contributed by atoms with Gasteiger partial charge < -0.3 is 15.1 Å². The standard InChI is InChI=1S/C21H26N2O4S.C2HF3O2/c1-2-28(26,27)22-18-8-9-20(19(15-18)21(24)25)23-12-10-17(11-13-23)14-16-6-4-3-5-7-16;3-2(4,5)1(6)7/h3-9,15,17,22H,2,10-14H2,1H3,(H,24,25);(H,6,7). The number of hydrogen-bond donors (Lipinski definition) is 3. The minimum atomic E-state index is -5.08. The van der Waals surface area contributed by atoms with Gasteiger partial charge in [0.15, 0.2) is 0 Å². The summed E-state index contributed by atoms with van der Waals surface area (Å²) in [5.74, 6) is -3.29. The second kappa shape index (κ2) is 11.9. The number of carboxylic acids is 2. The lowest BCUT2D eigenvalue weighted by molar-refractivity contribution is -0.192. The number of rotatable bonds is 7. The van der Waals surface area contributed by atoms with E-state index in [1.807, 2.05) is 6.07 Å². The van der Waals surface area contributed by atoms with Crippen molar-refractivity contribution in [2.75, 3.05) is 28.5 Å². The number of aromatic carboxylic acids is 1. The first-order valence-electron chi connectivity index (χ1n) is 10.8. The minimum absolute atomic E-state index is 0.0634. The fraction of sp³-hybridized carbons (Fsp3) is 0.391. The number of sulfonamides is 1. The number of anilines is 2. The number of hydrogen-bond acceptors (Lipinski definition) is 5. The highest BCUT2D eigenvalue weighted by Crippen LogP contribution is 2.30. The average molecular weight is 517 g/mol. The molecule has 1 saturated heterocycles. The maximum Gasteiger partial charge on any atom is 0.490 e. The molecule has 1 heterocycles. The molecule has 12 heteroatoms.